The molecule has 26 heavy (non-hydrogen) atoms. The van der Waals surface area contributed by atoms with E-state index in [0.29, 0.717) is 23.3 Å². The van der Waals surface area contributed by atoms with Crippen molar-refractivity contribution < 1.29 is 5.11 Å². The summed E-state index contributed by atoms with van der Waals surface area (Å²) in [5.41, 5.74) is 2.68. The van der Waals surface area contributed by atoms with Gasteiger partial charge in [0.1, 0.15) is 5.82 Å². The maximum atomic E-state index is 9.28. The monoisotopic (exact) mass is 369 g/mol. The average Bonchev–Trinajstić information content (AvgIpc) is 2.68. The fourth-order valence-corrected chi connectivity index (χ4v) is 2.57. The van der Waals surface area contributed by atoms with Gasteiger partial charge >= 0.3 is 0 Å². The van der Waals surface area contributed by atoms with Crippen LogP contribution in [-0.4, -0.2) is 32.7 Å². The molecule has 0 bridgehead atoms. The predicted molar refractivity (Wildman–Crippen MR) is 104 cm³/mol. The van der Waals surface area contributed by atoms with Gasteiger partial charge in [0.2, 0.25) is 5.95 Å². The van der Waals surface area contributed by atoms with Crippen LogP contribution in [0.3, 0.4) is 0 Å². The molecule has 134 valence electrons. The molecule has 0 unspecified atom stereocenters. The van der Waals surface area contributed by atoms with Crippen LogP contribution in [0, 0.1) is 0 Å². The number of halogens is 1. The second-order valence-electron chi connectivity index (χ2n) is 5.87. The molecule has 0 saturated carbocycles. The minimum absolute atomic E-state index is 0.00870. The van der Waals surface area contributed by atoms with Crippen LogP contribution in [-0.2, 0) is 6.54 Å². The summed E-state index contributed by atoms with van der Waals surface area (Å²) in [6.45, 7) is 2.39. The highest BCUT2D eigenvalue weighted by Gasteiger charge is 2.09. The van der Waals surface area contributed by atoms with Gasteiger partial charge in [0.15, 0.2) is 0 Å². The molecular weight excluding hydrogens is 350 g/mol. The first-order chi connectivity index (χ1) is 12.7. The van der Waals surface area contributed by atoms with E-state index in [0.717, 1.165) is 16.8 Å². The Kier molecular flexibility index (Phi) is 5.99. The van der Waals surface area contributed by atoms with Crippen molar-refractivity contribution >= 4 is 23.4 Å². The van der Waals surface area contributed by atoms with Gasteiger partial charge in [0, 0.05) is 41.6 Å². The molecule has 0 spiro atoms. The van der Waals surface area contributed by atoms with Crippen LogP contribution in [0.4, 0.5) is 11.8 Å². The molecule has 3 N–H and O–H groups in total. The maximum Gasteiger partial charge on any atom is 0.225 e. The minimum atomic E-state index is -0.154. The third-order valence-electron chi connectivity index (χ3n) is 3.77. The molecule has 0 aliphatic heterocycles. The Hall–Kier alpha value is -2.70. The molecule has 0 amide bonds. The van der Waals surface area contributed by atoms with Crippen LogP contribution < -0.4 is 10.6 Å². The summed E-state index contributed by atoms with van der Waals surface area (Å²) in [4.78, 5) is 13.1. The summed E-state index contributed by atoms with van der Waals surface area (Å²) in [5.74, 6) is 1.11. The number of anilines is 2. The molecule has 2 aromatic heterocycles. The van der Waals surface area contributed by atoms with Gasteiger partial charge in [-0.3, -0.25) is 4.98 Å². The second kappa shape index (κ2) is 8.60. The molecule has 0 saturated heterocycles. The zero-order valence-electron chi connectivity index (χ0n) is 14.4. The van der Waals surface area contributed by atoms with Crippen LogP contribution in [0.1, 0.15) is 12.5 Å². The highest BCUT2D eigenvalue weighted by Crippen LogP contribution is 2.22. The number of rotatable bonds is 7. The number of pyridine rings is 1. The Labute approximate surface area is 157 Å². The van der Waals surface area contributed by atoms with Crippen LogP contribution in [0.25, 0.3) is 11.3 Å². The summed E-state index contributed by atoms with van der Waals surface area (Å²) < 4.78 is 0. The molecule has 0 fully saturated rings. The number of aliphatic hydroxyl groups is 1. The third-order valence-corrected chi connectivity index (χ3v) is 4.14. The predicted octanol–water partition coefficient (Wildman–Crippen LogP) is 3.60. The van der Waals surface area contributed by atoms with Crippen molar-refractivity contribution in [2.75, 3.05) is 17.2 Å². The highest BCUT2D eigenvalue weighted by atomic mass is 35.5. The maximum absolute atomic E-state index is 9.28. The lowest BCUT2D eigenvalue weighted by Gasteiger charge is -2.14. The van der Waals surface area contributed by atoms with Gasteiger partial charge in [-0.05, 0) is 30.7 Å². The number of aromatic nitrogens is 3. The lowest BCUT2D eigenvalue weighted by molar-refractivity contribution is 0.281. The molecule has 2 heterocycles. The Morgan fingerprint density at radius 1 is 1.12 bits per heavy atom. The summed E-state index contributed by atoms with van der Waals surface area (Å²) in [5, 5.41) is 16.4. The van der Waals surface area contributed by atoms with Gasteiger partial charge in [-0.15, -0.1) is 0 Å². The standard InChI is InChI=1S/C19H20ClN5O/c1-13(12-26)23-19-24-17(14-6-8-21-9-7-14)10-18(25-19)22-11-15-4-2-3-5-16(15)20/h2-10,13,26H,11-12H2,1H3,(H2,22,23,24,25)/t13-/m1/s1. The first kappa shape index (κ1) is 18.1. The van der Waals surface area contributed by atoms with E-state index >= 15 is 0 Å². The number of nitrogens with zero attached hydrogens (tertiary/aromatic N) is 3. The largest absolute Gasteiger partial charge is 0.394 e. The first-order valence-electron chi connectivity index (χ1n) is 8.30. The van der Waals surface area contributed by atoms with Crippen molar-refractivity contribution in [3.63, 3.8) is 0 Å². The molecule has 3 aromatic rings. The van der Waals surface area contributed by atoms with Gasteiger partial charge in [0.05, 0.1) is 12.3 Å². The van der Waals surface area contributed by atoms with Gasteiger partial charge < -0.3 is 15.7 Å². The zero-order valence-corrected chi connectivity index (χ0v) is 15.1. The van der Waals surface area contributed by atoms with Crippen molar-refractivity contribution in [2.24, 2.45) is 0 Å². The lowest BCUT2D eigenvalue weighted by Crippen LogP contribution is -2.21. The van der Waals surface area contributed by atoms with Crippen LogP contribution in [0.2, 0.25) is 5.02 Å². The lowest BCUT2D eigenvalue weighted by atomic mass is 10.2. The molecule has 0 radical (unpaired) electrons. The van der Waals surface area contributed by atoms with Gasteiger partial charge in [0.25, 0.3) is 0 Å². The second-order valence-corrected chi connectivity index (χ2v) is 6.28. The Morgan fingerprint density at radius 3 is 2.62 bits per heavy atom. The molecule has 1 atom stereocenters. The summed E-state index contributed by atoms with van der Waals surface area (Å²) in [7, 11) is 0. The number of nitrogens with one attached hydrogen (secondary N) is 2. The molecule has 0 aliphatic carbocycles. The average molecular weight is 370 g/mol. The van der Waals surface area contributed by atoms with Crippen LogP contribution in [0.15, 0.2) is 54.9 Å². The summed E-state index contributed by atoms with van der Waals surface area (Å²) in [6.07, 6.45) is 3.44. The van der Waals surface area contributed by atoms with Gasteiger partial charge in [-0.2, -0.15) is 4.98 Å². The van der Waals surface area contributed by atoms with E-state index in [4.69, 9.17) is 11.6 Å². The van der Waals surface area contributed by atoms with Crippen LogP contribution in [0.5, 0.6) is 0 Å². The Morgan fingerprint density at radius 2 is 1.88 bits per heavy atom. The number of hydrogen-bond donors (Lipinski definition) is 3. The van der Waals surface area contributed by atoms with Gasteiger partial charge in [-0.1, -0.05) is 29.8 Å². The number of hydrogen-bond acceptors (Lipinski definition) is 6. The van der Waals surface area contributed by atoms with Crippen molar-refractivity contribution in [2.45, 2.75) is 19.5 Å². The fraction of sp³-hybridized carbons (Fsp3) is 0.211. The quantitative estimate of drug-likeness (QED) is 0.590. The topological polar surface area (TPSA) is 83.0 Å². The third kappa shape index (κ3) is 4.68. The van der Waals surface area contributed by atoms with Crippen LogP contribution >= 0.6 is 11.6 Å². The van der Waals surface area contributed by atoms with E-state index in [1.165, 1.54) is 0 Å². The minimum Gasteiger partial charge on any atom is -0.394 e. The Bertz CT molecular complexity index is 860. The SMILES string of the molecule is C[C@H](CO)Nc1nc(NCc2ccccc2Cl)cc(-c2ccncc2)n1. The molecule has 1 aromatic carbocycles. The van der Waals surface area contributed by atoms with E-state index in [1.54, 1.807) is 12.4 Å². The van der Waals surface area contributed by atoms with Crippen molar-refractivity contribution in [1.29, 1.82) is 0 Å². The molecule has 7 heteroatoms. The number of aliphatic hydroxyl groups excluding tert-OH is 1. The van der Waals surface area contributed by atoms with E-state index in [9.17, 15) is 5.11 Å². The fourth-order valence-electron chi connectivity index (χ4n) is 2.37. The molecule has 6 nitrogen and oxygen atoms in total. The van der Waals surface area contributed by atoms with Crippen molar-refractivity contribution in [1.82, 2.24) is 15.0 Å². The first-order valence-corrected chi connectivity index (χ1v) is 8.67. The summed E-state index contributed by atoms with van der Waals surface area (Å²) in [6, 6.07) is 13.2. The van der Waals surface area contributed by atoms with E-state index < -0.39 is 0 Å². The Balaban J connectivity index is 1.88. The summed E-state index contributed by atoms with van der Waals surface area (Å²) >= 11 is 6.22. The van der Waals surface area contributed by atoms with E-state index in [2.05, 4.69) is 25.6 Å². The number of benzene rings is 1. The zero-order chi connectivity index (χ0) is 18.4. The normalized spacial score (nSPS) is 11.8. The van der Waals surface area contributed by atoms with Crippen molar-refractivity contribution in [3.8, 4) is 11.3 Å². The van der Waals surface area contributed by atoms with Gasteiger partial charge in [-0.25, -0.2) is 4.98 Å². The van der Waals surface area contributed by atoms with Crippen molar-refractivity contribution in [3.05, 3.63) is 65.4 Å². The van der Waals surface area contributed by atoms with E-state index in [-0.39, 0.29) is 12.6 Å². The molecule has 0 aliphatic rings. The highest BCUT2D eigenvalue weighted by molar-refractivity contribution is 6.31. The molecular formula is C19H20ClN5O. The van der Waals surface area contributed by atoms with E-state index in [1.807, 2.05) is 49.4 Å². The molecule has 3 rings (SSSR count). The smallest absolute Gasteiger partial charge is 0.225 e.